The van der Waals surface area contributed by atoms with Crippen LogP contribution in [0.5, 0.6) is 11.5 Å². The highest BCUT2D eigenvalue weighted by atomic mass is 35.5. The minimum atomic E-state index is -0.972. The van der Waals surface area contributed by atoms with Crippen LogP contribution < -0.4 is 9.64 Å². The van der Waals surface area contributed by atoms with E-state index in [0.29, 0.717) is 27.8 Å². The number of carbonyl (C=O) groups is 2. The van der Waals surface area contributed by atoms with Crippen molar-refractivity contribution in [3.05, 3.63) is 94.0 Å². The van der Waals surface area contributed by atoms with Gasteiger partial charge >= 0.3 is 0 Å². The number of hydrogen-bond acceptors (Lipinski definition) is 5. The highest BCUT2D eigenvalue weighted by molar-refractivity contribution is 6.51. The van der Waals surface area contributed by atoms with E-state index in [1.165, 1.54) is 24.1 Å². The number of rotatable bonds is 5. The maximum atomic E-state index is 13.2. The van der Waals surface area contributed by atoms with Crippen LogP contribution in [0.4, 0.5) is 5.69 Å². The number of aromatic hydroxyl groups is 1. The van der Waals surface area contributed by atoms with E-state index in [1.54, 1.807) is 42.5 Å². The van der Waals surface area contributed by atoms with Gasteiger partial charge in [-0.1, -0.05) is 55.8 Å². The van der Waals surface area contributed by atoms with Gasteiger partial charge in [-0.2, -0.15) is 0 Å². The van der Waals surface area contributed by atoms with Gasteiger partial charge in [-0.25, -0.2) is 0 Å². The summed E-state index contributed by atoms with van der Waals surface area (Å²) < 4.78 is 5.14. The molecule has 0 aliphatic carbocycles. The summed E-state index contributed by atoms with van der Waals surface area (Å²) in [4.78, 5) is 27.8. The van der Waals surface area contributed by atoms with Gasteiger partial charge in [0, 0.05) is 16.3 Å². The molecule has 1 amide bonds. The lowest BCUT2D eigenvalue weighted by atomic mass is 9.94. The second-order valence-electron chi connectivity index (χ2n) is 8.36. The normalized spacial score (nSPS) is 17.4. The zero-order chi connectivity index (χ0) is 24.6. The number of amides is 1. The molecule has 0 spiro atoms. The van der Waals surface area contributed by atoms with Crippen molar-refractivity contribution in [3.63, 3.8) is 0 Å². The summed E-state index contributed by atoms with van der Waals surface area (Å²) in [5, 5.41) is 21.9. The van der Waals surface area contributed by atoms with Crippen LogP contribution >= 0.6 is 11.6 Å². The van der Waals surface area contributed by atoms with Crippen molar-refractivity contribution in [2.75, 3.05) is 12.0 Å². The smallest absolute Gasteiger partial charge is 0.300 e. The van der Waals surface area contributed by atoms with Crippen LogP contribution in [0.1, 0.15) is 42.5 Å². The Hall–Kier alpha value is -3.77. The maximum absolute atomic E-state index is 13.2. The summed E-state index contributed by atoms with van der Waals surface area (Å²) >= 11 is 6.09. The molecule has 1 unspecified atom stereocenters. The number of halogens is 1. The van der Waals surface area contributed by atoms with Crippen LogP contribution in [0.25, 0.3) is 5.76 Å². The number of carbonyl (C=O) groups excluding carboxylic acids is 2. The summed E-state index contributed by atoms with van der Waals surface area (Å²) in [6, 6.07) is 17.4. The molecule has 2 N–H and O–H groups in total. The Labute approximate surface area is 202 Å². The van der Waals surface area contributed by atoms with Gasteiger partial charge in [-0.15, -0.1) is 0 Å². The number of aliphatic hydroxyl groups is 1. The summed E-state index contributed by atoms with van der Waals surface area (Å²) in [6.07, 6.45) is 0. The lowest BCUT2D eigenvalue weighted by Gasteiger charge is -2.26. The number of ether oxygens (including phenoxy) is 1. The highest BCUT2D eigenvalue weighted by Gasteiger charge is 2.47. The van der Waals surface area contributed by atoms with E-state index >= 15 is 0 Å². The molecule has 1 aliphatic rings. The van der Waals surface area contributed by atoms with Gasteiger partial charge in [-0.3, -0.25) is 14.5 Å². The number of Topliss-reactive ketones (excluding diaryl/α,β-unsaturated/α-hetero) is 1. The standard InChI is InChI=1S/C27H24ClNO5/c1-15(2)16-7-10-20(11-8-16)29-24(17-9-12-22(34-3)21(30)14-17)23(26(32)27(29)33)25(31)18-5-4-6-19(28)13-18/h4-15,24,30-31H,1-3H3/b25-23-. The van der Waals surface area contributed by atoms with Crippen molar-refractivity contribution in [3.8, 4) is 11.5 Å². The first-order valence-electron chi connectivity index (χ1n) is 10.8. The zero-order valence-corrected chi connectivity index (χ0v) is 19.7. The van der Waals surface area contributed by atoms with E-state index < -0.39 is 17.7 Å². The molecule has 34 heavy (non-hydrogen) atoms. The van der Waals surface area contributed by atoms with E-state index in [2.05, 4.69) is 13.8 Å². The number of aliphatic hydroxyl groups excluding tert-OH is 1. The predicted octanol–water partition coefficient (Wildman–Crippen LogP) is 5.80. The summed E-state index contributed by atoms with van der Waals surface area (Å²) in [5.74, 6) is -1.56. The van der Waals surface area contributed by atoms with Crippen molar-refractivity contribution in [1.82, 2.24) is 0 Å². The Bertz CT molecular complexity index is 1300. The fourth-order valence-electron chi connectivity index (χ4n) is 4.10. The first-order valence-corrected chi connectivity index (χ1v) is 11.1. The van der Waals surface area contributed by atoms with Crippen LogP contribution in [-0.4, -0.2) is 29.0 Å². The van der Waals surface area contributed by atoms with Crippen molar-refractivity contribution < 1.29 is 24.5 Å². The molecule has 1 aliphatic heterocycles. The Morgan fingerprint density at radius 2 is 1.74 bits per heavy atom. The average Bonchev–Trinajstić information content (AvgIpc) is 3.09. The molecule has 174 valence electrons. The van der Waals surface area contributed by atoms with Gasteiger partial charge in [-0.05, 0) is 53.4 Å². The van der Waals surface area contributed by atoms with Crippen molar-refractivity contribution >= 4 is 34.7 Å². The van der Waals surface area contributed by atoms with Crippen LogP contribution in [0.15, 0.2) is 72.3 Å². The molecule has 7 heteroatoms. The molecule has 3 aromatic carbocycles. The van der Waals surface area contributed by atoms with Crippen molar-refractivity contribution in [2.45, 2.75) is 25.8 Å². The first-order chi connectivity index (χ1) is 16.2. The summed E-state index contributed by atoms with van der Waals surface area (Å²) in [7, 11) is 1.43. The molecule has 1 atom stereocenters. The third kappa shape index (κ3) is 4.13. The Balaban J connectivity index is 1.93. The molecule has 0 aromatic heterocycles. The zero-order valence-electron chi connectivity index (χ0n) is 18.9. The second kappa shape index (κ2) is 9.23. The topological polar surface area (TPSA) is 87.1 Å². The lowest BCUT2D eigenvalue weighted by Crippen LogP contribution is -2.29. The summed E-state index contributed by atoms with van der Waals surface area (Å²) in [6.45, 7) is 4.12. The molecule has 0 bridgehead atoms. The number of nitrogens with zero attached hydrogens (tertiary/aromatic N) is 1. The number of phenols is 1. The van der Waals surface area contributed by atoms with Crippen molar-refractivity contribution in [1.29, 1.82) is 0 Å². The third-order valence-electron chi connectivity index (χ3n) is 5.90. The van der Waals surface area contributed by atoms with E-state index in [9.17, 15) is 19.8 Å². The average molecular weight is 478 g/mol. The van der Waals surface area contributed by atoms with Crippen LogP contribution in [0.3, 0.4) is 0 Å². The minimum Gasteiger partial charge on any atom is -0.507 e. The van der Waals surface area contributed by atoms with E-state index in [0.717, 1.165) is 5.56 Å². The minimum absolute atomic E-state index is 0.0928. The molecule has 1 fully saturated rings. The molecular weight excluding hydrogens is 454 g/mol. The number of benzene rings is 3. The SMILES string of the molecule is COc1ccc(C2/C(=C(/O)c3cccc(Cl)c3)C(=O)C(=O)N2c2ccc(C(C)C)cc2)cc1O. The Morgan fingerprint density at radius 1 is 1.03 bits per heavy atom. The molecule has 0 radical (unpaired) electrons. The maximum Gasteiger partial charge on any atom is 0.300 e. The number of anilines is 1. The largest absolute Gasteiger partial charge is 0.507 e. The number of phenolic OH excluding ortho intramolecular Hbond substituents is 1. The van der Waals surface area contributed by atoms with Gasteiger partial charge in [0.15, 0.2) is 11.5 Å². The highest BCUT2D eigenvalue weighted by Crippen LogP contribution is 2.44. The van der Waals surface area contributed by atoms with Gasteiger partial charge in [0.1, 0.15) is 5.76 Å². The van der Waals surface area contributed by atoms with Crippen LogP contribution in [0, 0.1) is 0 Å². The van der Waals surface area contributed by atoms with E-state index in [4.69, 9.17) is 16.3 Å². The molecule has 3 aromatic rings. The van der Waals surface area contributed by atoms with Crippen molar-refractivity contribution in [2.24, 2.45) is 0 Å². The van der Waals surface area contributed by atoms with Gasteiger partial charge in [0.2, 0.25) is 0 Å². The molecule has 6 nitrogen and oxygen atoms in total. The van der Waals surface area contributed by atoms with Gasteiger partial charge in [0.25, 0.3) is 11.7 Å². The predicted molar refractivity (Wildman–Crippen MR) is 131 cm³/mol. The quantitative estimate of drug-likeness (QED) is 0.275. The second-order valence-corrected chi connectivity index (χ2v) is 8.79. The monoisotopic (exact) mass is 477 g/mol. The lowest BCUT2D eigenvalue weighted by molar-refractivity contribution is -0.132. The van der Waals surface area contributed by atoms with Gasteiger partial charge in [0.05, 0.1) is 18.7 Å². The Morgan fingerprint density at radius 3 is 2.32 bits per heavy atom. The molecular formula is C27H24ClNO5. The molecule has 0 saturated carbocycles. The van der Waals surface area contributed by atoms with Crippen LogP contribution in [0.2, 0.25) is 5.02 Å². The number of methoxy groups -OCH3 is 1. The number of hydrogen-bond donors (Lipinski definition) is 2. The molecule has 4 rings (SSSR count). The summed E-state index contributed by atoms with van der Waals surface area (Å²) in [5.41, 5.74) is 2.23. The first kappa shape index (κ1) is 23.4. The fourth-order valence-corrected chi connectivity index (χ4v) is 4.29. The van der Waals surface area contributed by atoms with Crippen LogP contribution in [-0.2, 0) is 9.59 Å². The van der Waals surface area contributed by atoms with Gasteiger partial charge < -0.3 is 14.9 Å². The third-order valence-corrected chi connectivity index (χ3v) is 6.13. The molecule has 1 saturated heterocycles. The van der Waals surface area contributed by atoms with E-state index in [1.807, 2.05) is 12.1 Å². The Kier molecular flexibility index (Phi) is 6.35. The fraction of sp³-hybridized carbons (Fsp3) is 0.185. The van der Waals surface area contributed by atoms with E-state index in [-0.39, 0.29) is 22.8 Å². The number of ketones is 1. The molecule has 1 heterocycles.